The van der Waals surface area contributed by atoms with Crippen molar-refractivity contribution in [3.05, 3.63) is 59.7 Å². The third-order valence-corrected chi connectivity index (χ3v) is 3.61. The molecule has 0 aromatic heterocycles. The summed E-state index contributed by atoms with van der Waals surface area (Å²) in [5, 5.41) is 0. The lowest BCUT2D eigenvalue weighted by atomic mass is 9.78. The third kappa shape index (κ3) is 3.18. The van der Waals surface area contributed by atoms with Gasteiger partial charge in [-0.15, -0.1) is 0 Å². The van der Waals surface area contributed by atoms with Crippen LogP contribution >= 0.6 is 23.7 Å². The fraction of sp³-hybridized carbons (Fsp3) is 0.200. The molecule has 0 atom stereocenters. The molecule has 0 fully saturated rings. The van der Waals surface area contributed by atoms with E-state index in [2.05, 4.69) is 22.6 Å². The van der Waals surface area contributed by atoms with Crippen LogP contribution in [0.2, 0.25) is 0 Å². The van der Waals surface area contributed by atoms with Crippen LogP contribution in [0.4, 0.5) is 0 Å². The lowest BCUT2D eigenvalue weighted by Gasteiger charge is -2.26. The molecule has 0 saturated heterocycles. The Kier molecular flexibility index (Phi) is 4.76. The normalized spacial score (nSPS) is 11.2. The Labute approximate surface area is 128 Å². The van der Waals surface area contributed by atoms with Crippen molar-refractivity contribution in [2.24, 2.45) is 0 Å². The minimum atomic E-state index is -0.162. The average Bonchev–Trinajstić information content (AvgIpc) is 2.48. The van der Waals surface area contributed by atoms with Gasteiger partial charge >= 0.3 is 0 Å². The van der Waals surface area contributed by atoms with Crippen molar-refractivity contribution in [3.63, 3.8) is 0 Å². The second-order valence-electron chi connectivity index (χ2n) is 4.90. The molecular weight excluding hydrogens is 299 g/mol. The van der Waals surface area contributed by atoms with Crippen molar-refractivity contribution in [3.8, 4) is 11.5 Å². The molecule has 2 aromatic carbocycles. The van der Waals surface area contributed by atoms with Gasteiger partial charge in [0.05, 0.1) is 0 Å². The standard InChI is InChI=1S/C15H14Cl2O3/c1-15(2,11-3-7-13(18-16)8-4-11)12-5-9-14(10-6-12)19-20-17/h3-10H,1-2H3. The van der Waals surface area contributed by atoms with Crippen LogP contribution in [-0.4, -0.2) is 0 Å². The van der Waals surface area contributed by atoms with Gasteiger partial charge in [-0.2, -0.15) is 0 Å². The van der Waals surface area contributed by atoms with Gasteiger partial charge < -0.3 is 9.18 Å². The zero-order valence-corrected chi connectivity index (χ0v) is 12.6. The van der Waals surface area contributed by atoms with E-state index in [1.165, 1.54) is 0 Å². The van der Waals surface area contributed by atoms with Gasteiger partial charge in [0.25, 0.3) is 0 Å². The molecule has 5 heteroatoms. The quantitative estimate of drug-likeness (QED) is 0.574. The van der Waals surface area contributed by atoms with Gasteiger partial charge in [-0.3, -0.25) is 0 Å². The minimum absolute atomic E-state index is 0.162. The molecule has 2 rings (SSSR count). The van der Waals surface area contributed by atoms with Crippen LogP contribution in [0.5, 0.6) is 11.5 Å². The molecular formula is C15H14Cl2O3. The fourth-order valence-corrected chi connectivity index (χ4v) is 2.23. The first-order valence-electron chi connectivity index (χ1n) is 6.03. The van der Waals surface area contributed by atoms with Crippen LogP contribution in [0.25, 0.3) is 0 Å². The number of hydrogen-bond donors (Lipinski definition) is 0. The molecule has 0 amide bonds. The van der Waals surface area contributed by atoms with Crippen molar-refractivity contribution in [2.75, 3.05) is 0 Å². The summed E-state index contributed by atoms with van der Waals surface area (Å²) in [7, 11) is 0. The monoisotopic (exact) mass is 312 g/mol. The van der Waals surface area contributed by atoms with Crippen LogP contribution in [0.1, 0.15) is 25.0 Å². The van der Waals surface area contributed by atoms with E-state index < -0.39 is 0 Å². The molecule has 0 radical (unpaired) electrons. The van der Waals surface area contributed by atoms with Gasteiger partial charge in [0.2, 0.25) is 0 Å². The van der Waals surface area contributed by atoms with Crippen molar-refractivity contribution in [2.45, 2.75) is 19.3 Å². The second kappa shape index (κ2) is 6.35. The SMILES string of the molecule is CC(C)(c1ccc(OCl)cc1)c1ccc(OOCl)cc1. The van der Waals surface area contributed by atoms with E-state index in [0.717, 1.165) is 11.1 Å². The van der Waals surface area contributed by atoms with Crippen molar-refractivity contribution >= 4 is 23.7 Å². The lowest BCUT2D eigenvalue weighted by molar-refractivity contribution is -0.0918. The van der Waals surface area contributed by atoms with Crippen LogP contribution in [0.15, 0.2) is 48.5 Å². The van der Waals surface area contributed by atoms with Gasteiger partial charge in [-0.05, 0) is 35.4 Å². The molecule has 0 N–H and O–H groups in total. The van der Waals surface area contributed by atoms with Gasteiger partial charge in [-0.1, -0.05) is 42.6 Å². The van der Waals surface area contributed by atoms with E-state index in [4.69, 9.17) is 28.6 Å². The third-order valence-electron chi connectivity index (χ3n) is 3.37. The number of rotatable bonds is 5. The molecule has 3 nitrogen and oxygen atoms in total. The van der Waals surface area contributed by atoms with Gasteiger partial charge in [0.15, 0.2) is 5.75 Å². The smallest absolute Gasteiger partial charge is 0.167 e. The average molecular weight is 313 g/mol. The van der Waals surface area contributed by atoms with Gasteiger partial charge in [0, 0.05) is 5.41 Å². The molecule has 0 heterocycles. The zero-order chi connectivity index (χ0) is 14.6. The summed E-state index contributed by atoms with van der Waals surface area (Å²) in [4.78, 5) is 4.74. The number of hydrogen-bond acceptors (Lipinski definition) is 3. The maximum Gasteiger partial charge on any atom is 0.167 e. The van der Waals surface area contributed by atoms with E-state index in [0.29, 0.717) is 11.5 Å². The molecule has 0 spiro atoms. The van der Waals surface area contributed by atoms with Crippen LogP contribution < -0.4 is 9.18 Å². The summed E-state index contributed by atoms with van der Waals surface area (Å²) in [5.41, 5.74) is 2.13. The molecule has 0 aliphatic heterocycles. The van der Waals surface area contributed by atoms with E-state index in [1.807, 2.05) is 36.4 Å². The van der Waals surface area contributed by atoms with Crippen LogP contribution in [0, 0.1) is 0 Å². The highest BCUT2D eigenvalue weighted by Crippen LogP contribution is 2.33. The summed E-state index contributed by atoms with van der Waals surface area (Å²) >= 11 is 10.4. The summed E-state index contributed by atoms with van der Waals surface area (Å²) in [6, 6.07) is 15.2. The zero-order valence-electron chi connectivity index (χ0n) is 11.1. The van der Waals surface area contributed by atoms with E-state index >= 15 is 0 Å². The number of halogens is 2. The summed E-state index contributed by atoms with van der Waals surface area (Å²) in [5.74, 6) is 1.17. The molecule has 0 bridgehead atoms. The first kappa shape index (κ1) is 15.0. The van der Waals surface area contributed by atoms with E-state index in [-0.39, 0.29) is 5.41 Å². The van der Waals surface area contributed by atoms with Crippen molar-refractivity contribution in [1.29, 1.82) is 0 Å². The fourth-order valence-electron chi connectivity index (χ4n) is 2.05. The first-order chi connectivity index (χ1) is 9.57. The highest BCUT2D eigenvalue weighted by atomic mass is 35.5. The first-order valence-corrected chi connectivity index (χ1v) is 6.64. The predicted octanol–water partition coefficient (Wildman–Crippen LogP) is 5.01. The number of benzene rings is 2. The molecule has 0 aliphatic carbocycles. The van der Waals surface area contributed by atoms with Crippen molar-refractivity contribution < 1.29 is 13.6 Å². The molecule has 20 heavy (non-hydrogen) atoms. The van der Waals surface area contributed by atoms with Crippen molar-refractivity contribution in [1.82, 2.24) is 0 Å². The molecule has 2 aromatic rings. The molecule has 0 saturated carbocycles. The van der Waals surface area contributed by atoms with Gasteiger partial charge in [-0.25, -0.2) is 0 Å². The molecule has 106 valence electrons. The Morgan fingerprint density at radius 1 is 0.750 bits per heavy atom. The summed E-state index contributed by atoms with van der Waals surface area (Å²) < 4.78 is 8.77. The predicted molar refractivity (Wildman–Crippen MR) is 79.1 cm³/mol. The van der Waals surface area contributed by atoms with Gasteiger partial charge in [0.1, 0.15) is 29.5 Å². The molecule has 0 unspecified atom stereocenters. The maximum absolute atomic E-state index is 5.32. The highest BCUT2D eigenvalue weighted by Gasteiger charge is 2.23. The Bertz CT molecular complexity index is 550. The largest absolute Gasteiger partial charge is 0.386 e. The second-order valence-corrected chi connectivity index (χ2v) is 5.18. The minimum Gasteiger partial charge on any atom is -0.386 e. The van der Waals surface area contributed by atoms with E-state index in [1.54, 1.807) is 12.1 Å². The molecule has 0 aliphatic rings. The van der Waals surface area contributed by atoms with Crippen LogP contribution in [-0.2, 0) is 9.86 Å². The summed E-state index contributed by atoms with van der Waals surface area (Å²) in [6.07, 6.45) is 0. The lowest BCUT2D eigenvalue weighted by Crippen LogP contribution is -2.18. The Morgan fingerprint density at radius 3 is 1.60 bits per heavy atom. The van der Waals surface area contributed by atoms with Crippen LogP contribution in [0.3, 0.4) is 0 Å². The maximum atomic E-state index is 5.32. The Morgan fingerprint density at radius 2 is 1.20 bits per heavy atom. The highest BCUT2D eigenvalue weighted by molar-refractivity contribution is 6.09. The van der Waals surface area contributed by atoms with E-state index in [9.17, 15) is 0 Å². The topological polar surface area (TPSA) is 27.7 Å². The Hall–Kier alpha value is -1.42. The summed E-state index contributed by atoms with van der Waals surface area (Å²) in [6.45, 7) is 4.27. The Balaban J connectivity index is 2.27.